The van der Waals surface area contributed by atoms with E-state index in [4.69, 9.17) is 0 Å². The van der Waals surface area contributed by atoms with Gasteiger partial charge in [-0.3, -0.25) is 0 Å². The fraction of sp³-hybridized carbons (Fsp3) is 0.600. The van der Waals surface area contributed by atoms with Crippen molar-refractivity contribution in [2.75, 3.05) is 38.7 Å². The van der Waals surface area contributed by atoms with Gasteiger partial charge in [0, 0.05) is 25.2 Å². The number of rotatable bonds is 3. The summed E-state index contributed by atoms with van der Waals surface area (Å²) in [7, 11) is 4.10. The zero-order valence-electron chi connectivity index (χ0n) is 11.4. The van der Waals surface area contributed by atoms with Gasteiger partial charge in [0.15, 0.2) is 0 Å². The van der Waals surface area contributed by atoms with Gasteiger partial charge >= 0.3 is 0 Å². The molecule has 1 aliphatic heterocycles. The molecule has 100 valence electrons. The van der Waals surface area contributed by atoms with E-state index in [-0.39, 0.29) is 12.0 Å². The molecule has 1 unspecified atom stereocenters. The second kappa shape index (κ2) is 5.72. The minimum absolute atomic E-state index is 0.0473. The first kappa shape index (κ1) is 13.4. The Morgan fingerprint density at radius 2 is 1.89 bits per heavy atom. The van der Waals surface area contributed by atoms with Crippen molar-refractivity contribution >= 4 is 5.69 Å². The first-order valence-electron chi connectivity index (χ1n) is 6.77. The fourth-order valence-corrected chi connectivity index (χ4v) is 2.78. The van der Waals surface area contributed by atoms with Gasteiger partial charge in [-0.2, -0.15) is 0 Å². The Labute approximate surface area is 110 Å². The molecule has 1 saturated heterocycles. The number of anilines is 1. The van der Waals surface area contributed by atoms with E-state index in [9.17, 15) is 5.11 Å². The van der Waals surface area contributed by atoms with Crippen LogP contribution in [0.1, 0.15) is 24.8 Å². The molecule has 0 aromatic heterocycles. The minimum Gasteiger partial charge on any atom is -0.395 e. The molecule has 2 rings (SSSR count). The highest BCUT2D eigenvalue weighted by molar-refractivity contribution is 5.47. The van der Waals surface area contributed by atoms with E-state index in [2.05, 4.69) is 34.5 Å². The third-order valence-corrected chi connectivity index (χ3v) is 4.09. The molecular formula is C15H24N2O. The summed E-state index contributed by atoms with van der Waals surface area (Å²) in [4.78, 5) is 2.10. The summed E-state index contributed by atoms with van der Waals surface area (Å²) in [5.74, 6) is 0. The van der Waals surface area contributed by atoms with Gasteiger partial charge in [0.25, 0.3) is 0 Å². The molecule has 0 spiro atoms. The number of nitrogens with one attached hydrogen (secondary N) is 1. The van der Waals surface area contributed by atoms with Crippen LogP contribution >= 0.6 is 0 Å². The summed E-state index contributed by atoms with van der Waals surface area (Å²) >= 11 is 0. The topological polar surface area (TPSA) is 35.5 Å². The van der Waals surface area contributed by atoms with Gasteiger partial charge in [0.2, 0.25) is 0 Å². The maximum Gasteiger partial charge on any atom is 0.0528 e. The van der Waals surface area contributed by atoms with Crippen LogP contribution < -0.4 is 10.2 Å². The number of aliphatic hydroxyl groups is 1. The average Bonchev–Trinajstić information content (AvgIpc) is 2.65. The molecule has 0 saturated carbocycles. The Bertz CT molecular complexity index is 365. The van der Waals surface area contributed by atoms with Gasteiger partial charge in [0.05, 0.1) is 6.61 Å². The van der Waals surface area contributed by atoms with Crippen molar-refractivity contribution in [1.82, 2.24) is 5.32 Å². The van der Waals surface area contributed by atoms with E-state index in [1.807, 2.05) is 14.1 Å². The fourth-order valence-electron chi connectivity index (χ4n) is 2.78. The van der Waals surface area contributed by atoms with Crippen molar-refractivity contribution in [3.8, 4) is 0 Å². The SMILES string of the molecule is CN(C)c1ccc(C2(CO)CCCNCC2)cc1. The summed E-state index contributed by atoms with van der Waals surface area (Å²) in [5, 5.41) is 13.3. The molecule has 3 heteroatoms. The molecule has 3 nitrogen and oxygen atoms in total. The van der Waals surface area contributed by atoms with Crippen molar-refractivity contribution in [1.29, 1.82) is 0 Å². The Kier molecular flexibility index (Phi) is 4.25. The van der Waals surface area contributed by atoms with Crippen LogP contribution in [0.2, 0.25) is 0 Å². The first-order chi connectivity index (χ1) is 8.68. The number of benzene rings is 1. The van der Waals surface area contributed by atoms with Crippen LogP contribution in [0.3, 0.4) is 0 Å². The Hall–Kier alpha value is -1.06. The second-order valence-electron chi connectivity index (χ2n) is 5.48. The van der Waals surface area contributed by atoms with Crippen LogP contribution in [-0.2, 0) is 5.41 Å². The highest BCUT2D eigenvalue weighted by atomic mass is 16.3. The molecule has 1 aromatic rings. The average molecular weight is 248 g/mol. The van der Waals surface area contributed by atoms with Crippen LogP contribution in [0.5, 0.6) is 0 Å². The highest BCUT2D eigenvalue weighted by Gasteiger charge is 2.32. The van der Waals surface area contributed by atoms with E-state index in [1.165, 1.54) is 11.3 Å². The minimum atomic E-state index is -0.0473. The van der Waals surface area contributed by atoms with Crippen LogP contribution in [0.15, 0.2) is 24.3 Å². The number of hydrogen-bond acceptors (Lipinski definition) is 3. The van der Waals surface area contributed by atoms with Gasteiger partial charge in [-0.25, -0.2) is 0 Å². The zero-order valence-corrected chi connectivity index (χ0v) is 11.4. The standard InChI is InChI=1S/C15H24N2O/c1-17(2)14-6-4-13(5-7-14)15(12-18)8-3-10-16-11-9-15/h4-7,16,18H,3,8-12H2,1-2H3. The van der Waals surface area contributed by atoms with Gasteiger partial charge < -0.3 is 15.3 Å². The van der Waals surface area contributed by atoms with Gasteiger partial charge in [-0.05, 0) is 50.0 Å². The van der Waals surface area contributed by atoms with Crippen LogP contribution in [0.4, 0.5) is 5.69 Å². The molecule has 1 fully saturated rings. The lowest BCUT2D eigenvalue weighted by atomic mass is 9.75. The molecule has 1 heterocycles. The van der Waals surface area contributed by atoms with Gasteiger partial charge in [-0.1, -0.05) is 12.1 Å². The van der Waals surface area contributed by atoms with E-state index < -0.39 is 0 Å². The first-order valence-corrected chi connectivity index (χ1v) is 6.77. The number of aliphatic hydroxyl groups excluding tert-OH is 1. The summed E-state index contributed by atoms with van der Waals surface area (Å²) in [6.07, 6.45) is 3.22. The lowest BCUT2D eigenvalue weighted by Gasteiger charge is -2.31. The molecule has 18 heavy (non-hydrogen) atoms. The zero-order chi connectivity index (χ0) is 13.0. The van der Waals surface area contributed by atoms with Crippen molar-refractivity contribution in [2.45, 2.75) is 24.7 Å². The summed E-state index contributed by atoms with van der Waals surface area (Å²) in [6, 6.07) is 8.64. The molecule has 2 N–H and O–H groups in total. The Balaban J connectivity index is 2.25. The molecular weight excluding hydrogens is 224 g/mol. The third kappa shape index (κ3) is 2.68. The maximum atomic E-state index is 9.86. The molecule has 1 aromatic carbocycles. The van der Waals surface area contributed by atoms with Gasteiger partial charge in [0.1, 0.15) is 0 Å². The normalized spacial score (nSPS) is 24.6. The third-order valence-electron chi connectivity index (χ3n) is 4.09. The Morgan fingerprint density at radius 1 is 1.17 bits per heavy atom. The highest BCUT2D eigenvalue weighted by Crippen LogP contribution is 2.34. The van der Waals surface area contributed by atoms with Crippen LogP contribution in [-0.4, -0.2) is 38.9 Å². The van der Waals surface area contributed by atoms with Crippen LogP contribution in [0, 0.1) is 0 Å². The maximum absolute atomic E-state index is 9.86. The number of hydrogen-bond donors (Lipinski definition) is 2. The van der Waals surface area contributed by atoms with Crippen molar-refractivity contribution < 1.29 is 5.11 Å². The molecule has 0 bridgehead atoms. The lowest BCUT2D eigenvalue weighted by Crippen LogP contribution is -2.31. The smallest absolute Gasteiger partial charge is 0.0528 e. The summed E-state index contributed by atoms with van der Waals surface area (Å²) in [6.45, 7) is 2.31. The van der Waals surface area contributed by atoms with E-state index >= 15 is 0 Å². The quantitative estimate of drug-likeness (QED) is 0.855. The van der Waals surface area contributed by atoms with E-state index in [0.29, 0.717) is 0 Å². The molecule has 1 atom stereocenters. The predicted molar refractivity (Wildman–Crippen MR) is 76.3 cm³/mol. The summed E-state index contributed by atoms with van der Waals surface area (Å²) < 4.78 is 0. The van der Waals surface area contributed by atoms with Crippen molar-refractivity contribution in [3.05, 3.63) is 29.8 Å². The lowest BCUT2D eigenvalue weighted by molar-refractivity contribution is 0.179. The molecule has 0 amide bonds. The van der Waals surface area contributed by atoms with E-state index in [1.54, 1.807) is 0 Å². The Morgan fingerprint density at radius 3 is 2.50 bits per heavy atom. The molecule has 0 radical (unpaired) electrons. The summed E-state index contributed by atoms with van der Waals surface area (Å²) in [5.41, 5.74) is 2.44. The van der Waals surface area contributed by atoms with Crippen molar-refractivity contribution in [2.24, 2.45) is 0 Å². The predicted octanol–water partition coefficient (Wildman–Crippen LogP) is 1.76. The molecule has 0 aliphatic carbocycles. The monoisotopic (exact) mass is 248 g/mol. The van der Waals surface area contributed by atoms with Crippen LogP contribution in [0.25, 0.3) is 0 Å². The van der Waals surface area contributed by atoms with Gasteiger partial charge in [-0.15, -0.1) is 0 Å². The van der Waals surface area contributed by atoms with E-state index in [0.717, 1.165) is 32.4 Å². The second-order valence-corrected chi connectivity index (χ2v) is 5.48. The molecule has 1 aliphatic rings. The van der Waals surface area contributed by atoms with Crippen molar-refractivity contribution in [3.63, 3.8) is 0 Å². The largest absolute Gasteiger partial charge is 0.395 e. The number of nitrogens with zero attached hydrogens (tertiary/aromatic N) is 1.